The summed E-state index contributed by atoms with van der Waals surface area (Å²) in [6.45, 7) is 2.17. The molecule has 0 spiro atoms. The summed E-state index contributed by atoms with van der Waals surface area (Å²) in [7, 11) is 0. The van der Waals surface area contributed by atoms with Crippen molar-refractivity contribution in [2.75, 3.05) is 0 Å². The third-order valence-electron chi connectivity index (χ3n) is 2.82. The topological polar surface area (TPSA) is 38.9 Å². The molecule has 1 aliphatic carbocycles. The zero-order valence-corrected chi connectivity index (χ0v) is 8.03. The molecule has 0 aliphatic heterocycles. The van der Waals surface area contributed by atoms with Crippen molar-refractivity contribution in [3.63, 3.8) is 0 Å². The minimum absolute atomic E-state index is 0.226. The standard InChI is InChI=1S/C11H16N2/c1-2-8-5-6-13-7-10(8)11(12)9-3-4-9/h5-7,9,11H,2-4,12H2,1H3/t11-/m0/s1. The third-order valence-corrected chi connectivity index (χ3v) is 2.82. The Balaban J connectivity index is 2.26. The molecular weight excluding hydrogens is 160 g/mol. The van der Waals surface area contributed by atoms with Gasteiger partial charge in [0.25, 0.3) is 0 Å². The van der Waals surface area contributed by atoms with Crippen molar-refractivity contribution in [1.29, 1.82) is 0 Å². The Morgan fingerprint density at radius 3 is 3.00 bits per heavy atom. The summed E-state index contributed by atoms with van der Waals surface area (Å²) in [5, 5.41) is 0. The van der Waals surface area contributed by atoms with Gasteiger partial charge in [-0.3, -0.25) is 4.98 Å². The number of hydrogen-bond donors (Lipinski definition) is 1. The van der Waals surface area contributed by atoms with Crippen molar-refractivity contribution in [3.8, 4) is 0 Å². The summed E-state index contributed by atoms with van der Waals surface area (Å²) in [6.07, 6.45) is 7.42. The molecule has 0 radical (unpaired) electrons. The molecule has 2 N–H and O–H groups in total. The largest absolute Gasteiger partial charge is 0.324 e. The summed E-state index contributed by atoms with van der Waals surface area (Å²) >= 11 is 0. The summed E-state index contributed by atoms with van der Waals surface area (Å²) in [6, 6.07) is 2.31. The van der Waals surface area contributed by atoms with Crippen molar-refractivity contribution >= 4 is 0 Å². The molecule has 1 fully saturated rings. The van der Waals surface area contributed by atoms with E-state index in [-0.39, 0.29) is 6.04 Å². The van der Waals surface area contributed by atoms with E-state index in [0.717, 1.165) is 12.3 Å². The second-order valence-electron chi connectivity index (χ2n) is 3.79. The van der Waals surface area contributed by atoms with Gasteiger partial charge in [-0.2, -0.15) is 0 Å². The highest BCUT2D eigenvalue weighted by Crippen LogP contribution is 2.40. The Labute approximate surface area is 79.2 Å². The molecule has 2 rings (SSSR count). The zero-order chi connectivity index (χ0) is 9.26. The van der Waals surface area contributed by atoms with Crippen LogP contribution in [0.2, 0.25) is 0 Å². The van der Waals surface area contributed by atoms with Gasteiger partial charge in [0.05, 0.1) is 0 Å². The maximum atomic E-state index is 6.14. The van der Waals surface area contributed by atoms with E-state index in [1.165, 1.54) is 24.0 Å². The normalized spacial score (nSPS) is 18.6. The first-order valence-electron chi connectivity index (χ1n) is 5.01. The van der Waals surface area contributed by atoms with Crippen molar-refractivity contribution < 1.29 is 0 Å². The van der Waals surface area contributed by atoms with E-state index in [1.807, 2.05) is 12.4 Å². The fourth-order valence-electron chi connectivity index (χ4n) is 1.77. The fraction of sp³-hybridized carbons (Fsp3) is 0.545. The van der Waals surface area contributed by atoms with E-state index in [1.54, 1.807) is 0 Å². The van der Waals surface area contributed by atoms with Gasteiger partial charge in [-0.25, -0.2) is 0 Å². The van der Waals surface area contributed by atoms with Gasteiger partial charge in [-0.1, -0.05) is 6.92 Å². The van der Waals surface area contributed by atoms with Crippen LogP contribution in [0.15, 0.2) is 18.5 Å². The predicted octanol–water partition coefficient (Wildman–Crippen LogP) is 2.05. The smallest absolute Gasteiger partial charge is 0.0341 e. The number of aromatic nitrogens is 1. The van der Waals surface area contributed by atoms with Gasteiger partial charge in [-0.05, 0) is 42.4 Å². The second-order valence-corrected chi connectivity index (χ2v) is 3.79. The molecule has 0 bridgehead atoms. The Hall–Kier alpha value is -0.890. The molecule has 1 atom stereocenters. The van der Waals surface area contributed by atoms with E-state index >= 15 is 0 Å². The van der Waals surface area contributed by atoms with Crippen molar-refractivity contribution in [2.24, 2.45) is 11.7 Å². The summed E-state index contributed by atoms with van der Waals surface area (Å²) in [5.74, 6) is 0.717. The van der Waals surface area contributed by atoms with Gasteiger partial charge in [0, 0.05) is 18.4 Å². The highest BCUT2D eigenvalue weighted by molar-refractivity contribution is 5.27. The minimum Gasteiger partial charge on any atom is -0.324 e. The van der Waals surface area contributed by atoms with Crippen LogP contribution in [0.25, 0.3) is 0 Å². The van der Waals surface area contributed by atoms with Gasteiger partial charge >= 0.3 is 0 Å². The molecule has 1 aromatic heterocycles. The predicted molar refractivity (Wildman–Crippen MR) is 53.3 cm³/mol. The average molecular weight is 176 g/mol. The van der Waals surface area contributed by atoms with Crippen molar-refractivity contribution in [2.45, 2.75) is 32.2 Å². The second kappa shape index (κ2) is 3.46. The van der Waals surface area contributed by atoms with Gasteiger partial charge in [0.2, 0.25) is 0 Å². The SMILES string of the molecule is CCc1ccncc1[C@@H](N)C1CC1. The first-order valence-corrected chi connectivity index (χ1v) is 5.01. The molecule has 1 aliphatic rings. The van der Waals surface area contributed by atoms with Crippen LogP contribution >= 0.6 is 0 Å². The van der Waals surface area contributed by atoms with Crippen molar-refractivity contribution in [3.05, 3.63) is 29.6 Å². The molecule has 2 heteroatoms. The summed E-state index contributed by atoms with van der Waals surface area (Å²) < 4.78 is 0. The highest BCUT2D eigenvalue weighted by Gasteiger charge is 2.30. The van der Waals surface area contributed by atoms with E-state index in [2.05, 4.69) is 18.0 Å². The first kappa shape index (κ1) is 8.70. The Kier molecular flexibility index (Phi) is 2.32. The Bertz CT molecular complexity index is 292. The molecule has 0 aromatic carbocycles. The Morgan fingerprint density at radius 2 is 2.38 bits per heavy atom. The summed E-state index contributed by atoms with van der Waals surface area (Å²) in [5.41, 5.74) is 8.75. The molecule has 1 saturated carbocycles. The lowest BCUT2D eigenvalue weighted by Gasteiger charge is -2.13. The molecule has 0 saturated heterocycles. The fourth-order valence-corrected chi connectivity index (χ4v) is 1.77. The van der Waals surface area contributed by atoms with E-state index in [4.69, 9.17) is 5.73 Å². The lowest BCUT2D eigenvalue weighted by molar-refractivity contribution is 0.624. The lowest BCUT2D eigenvalue weighted by atomic mass is 9.99. The van der Waals surface area contributed by atoms with Crippen LogP contribution in [0.1, 0.15) is 36.9 Å². The minimum atomic E-state index is 0.226. The number of pyridine rings is 1. The number of nitrogens with two attached hydrogens (primary N) is 1. The summed E-state index contributed by atoms with van der Waals surface area (Å²) in [4.78, 5) is 4.14. The van der Waals surface area contributed by atoms with E-state index in [9.17, 15) is 0 Å². The van der Waals surface area contributed by atoms with Gasteiger partial charge in [0.15, 0.2) is 0 Å². The van der Waals surface area contributed by atoms with Gasteiger partial charge in [-0.15, -0.1) is 0 Å². The van der Waals surface area contributed by atoms with Crippen LogP contribution in [0, 0.1) is 5.92 Å². The monoisotopic (exact) mass is 176 g/mol. The number of nitrogens with zero attached hydrogens (tertiary/aromatic N) is 1. The first-order chi connectivity index (χ1) is 6.33. The van der Waals surface area contributed by atoms with E-state index < -0.39 is 0 Å². The quantitative estimate of drug-likeness (QED) is 0.765. The van der Waals surface area contributed by atoms with Crippen LogP contribution < -0.4 is 5.73 Å². The maximum Gasteiger partial charge on any atom is 0.0341 e. The molecule has 2 nitrogen and oxygen atoms in total. The molecule has 1 heterocycles. The van der Waals surface area contributed by atoms with Gasteiger partial charge < -0.3 is 5.73 Å². The van der Waals surface area contributed by atoms with Crippen LogP contribution in [0.4, 0.5) is 0 Å². The van der Waals surface area contributed by atoms with Crippen molar-refractivity contribution in [1.82, 2.24) is 4.98 Å². The van der Waals surface area contributed by atoms with Crippen LogP contribution in [0.3, 0.4) is 0 Å². The maximum absolute atomic E-state index is 6.14. The molecule has 1 aromatic rings. The molecular formula is C11H16N2. The van der Waals surface area contributed by atoms with Crippen LogP contribution in [-0.2, 0) is 6.42 Å². The highest BCUT2D eigenvalue weighted by atomic mass is 14.7. The number of hydrogen-bond acceptors (Lipinski definition) is 2. The third kappa shape index (κ3) is 1.73. The Morgan fingerprint density at radius 1 is 1.62 bits per heavy atom. The van der Waals surface area contributed by atoms with E-state index in [0.29, 0.717) is 0 Å². The molecule has 0 unspecified atom stereocenters. The lowest BCUT2D eigenvalue weighted by Crippen LogP contribution is -2.14. The number of rotatable bonds is 3. The molecule has 13 heavy (non-hydrogen) atoms. The molecule has 0 amide bonds. The van der Waals surface area contributed by atoms with Gasteiger partial charge in [0.1, 0.15) is 0 Å². The van der Waals surface area contributed by atoms with Crippen LogP contribution in [-0.4, -0.2) is 4.98 Å². The number of aryl methyl sites for hydroxylation is 1. The average Bonchev–Trinajstić information content (AvgIpc) is 3.00. The van der Waals surface area contributed by atoms with Crippen LogP contribution in [0.5, 0.6) is 0 Å². The zero-order valence-electron chi connectivity index (χ0n) is 8.03. The molecule has 70 valence electrons.